The van der Waals surface area contributed by atoms with Gasteiger partial charge in [-0.3, -0.25) is 0 Å². The van der Waals surface area contributed by atoms with Crippen LogP contribution in [0.5, 0.6) is 0 Å². The monoisotopic (exact) mass is 259 g/mol. The van der Waals surface area contributed by atoms with E-state index < -0.39 is 11.6 Å². The van der Waals surface area contributed by atoms with Gasteiger partial charge in [-0.2, -0.15) is 0 Å². The number of fused-ring (bicyclic) bond motifs is 1. The van der Waals surface area contributed by atoms with E-state index >= 15 is 0 Å². The summed E-state index contributed by atoms with van der Waals surface area (Å²) in [4.78, 5) is 0. The predicted molar refractivity (Wildman–Crippen MR) is 72.2 cm³/mol. The molecule has 2 aromatic carbocycles. The molecule has 1 unspecified atom stereocenters. The third kappa shape index (κ3) is 2.09. The van der Waals surface area contributed by atoms with Crippen molar-refractivity contribution in [3.63, 3.8) is 0 Å². The van der Waals surface area contributed by atoms with Crippen molar-refractivity contribution in [1.82, 2.24) is 0 Å². The average molecular weight is 259 g/mol. The fraction of sp³-hybridized carbons (Fsp3) is 0.250. The molecule has 19 heavy (non-hydrogen) atoms. The van der Waals surface area contributed by atoms with Crippen molar-refractivity contribution in [2.24, 2.45) is 0 Å². The maximum absolute atomic E-state index is 14.0. The van der Waals surface area contributed by atoms with Gasteiger partial charge in [0.25, 0.3) is 0 Å². The van der Waals surface area contributed by atoms with E-state index in [-0.39, 0.29) is 11.7 Å². The van der Waals surface area contributed by atoms with E-state index in [0.29, 0.717) is 5.56 Å². The van der Waals surface area contributed by atoms with Crippen LogP contribution in [-0.4, -0.2) is 0 Å². The van der Waals surface area contributed by atoms with Crippen LogP contribution in [-0.2, 0) is 6.42 Å². The van der Waals surface area contributed by atoms with Crippen LogP contribution in [0.3, 0.4) is 0 Å². The highest BCUT2D eigenvalue weighted by Gasteiger charge is 2.24. The molecule has 0 radical (unpaired) electrons. The largest absolute Gasteiger partial charge is 0.373 e. The van der Waals surface area contributed by atoms with Gasteiger partial charge in [0.2, 0.25) is 0 Å². The number of aryl methyl sites for hydroxylation is 2. The van der Waals surface area contributed by atoms with Gasteiger partial charge in [-0.15, -0.1) is 0 Å². The minimum absolute atomic E-state index is 0.0120. The zero-order valence-corrected chi connectivity index (χ0v) is 10.7. The Balaban J connectivity index is 1.94. The van der Waals surface area contributed by atoms with E-state index in [2.05, 4.69) is 11.4 Å². The highest BCUT2D eigenvalue weighted by atomic mass is 19.1. The van der Waals surface area contributed by atoms with Crippen LogP contribution >= 0.6 is 0 Å². The van der Waals surface area contributed by atoms with Crippen molar-refractivity contribution in [3.8, 4) is 0 Å². The predicted octanol–water partition coefficient (Wildman–Crippen LogP) is 4.37. The Hall–Kier alpha value is -1.90. The van der Waals surface area contributed by atoms with Crippen molar-refractivity contribution in [1.29, 1.82) is 0 Å². The molecule has 0 heterocycles. The van der Waals surface area contributed by atoms with Crippen LogP contribution in [0.4, 0.5) is 14.5 Å². The van der Waals surface area contributed by atoms with Gasteiger partial charge in [-0.25, -0.2) is 8.78 Å². The van der Waals surface area contributed by atoms with Crippen LogP contribution in [0.15, 0.2) is 36.4 Å². The number of anilines is 1. The van der Waals surface area contributed by atoms with Crippen LogP contribution in [0.2, 0.25) is 0 Å². The van der Waals surface area contributed by atoms with Crippen molar-refractivity contribution in [3.05, 3.63) is 64.7 Å². The molecule has 1 nitrogen and oxygen atoms in total. The summed E-state index contributed by atoms with van der Waals surface area (Å²) in [5, 5.41) is 3.02. The second-order valence-corrected chi connectivity index (χ2v) is 4.99. The Labute approximate surface area is 111 Å². The van der Waals surface area contributed by atoms with Crippen LogP contribution < -0.4 is 5.32 Å². The molecule has 3 heteroatoms. The van der Waals surface area contributed by atoms with E-state index in [1.54, 1.807) is 6.92 Å². The van der Waals surface area contributed by atoms with Gasteiger partial charge in [0.1, 0.15) is 11.5 Å². The SMILES string of the molecule is Cc1ccc(F)c(NC2CCc3ccccc32)c1F. The highest BCUT2D eigenvalue weighted by Crippen LogP contribution is 2.35. The van der Waals surface area contributed by atoms with E-state index in [0.717, 1.165) is 18.4 Å². The van der Waals surface area contributed by atoms with E-state index in [1.165, 1.54) is 17.7 Å². The molecular formula is C16H15F2N. The maximum atomic E-state index is 14.0. The second kappa shape index (κ2) is 4.65. The molecule has 98 valence electrons. The second-order valence-electron chi connectivity index (χ2n) is 4.99. The fourth-order valence-corrected chi connectivity index (χ4v) is 2.67. The van der Waals surface area contributed by atoms with Crippen molar-refractivity contribution < 1.29 is 8.78 Å². The van der Waals surface area contributed by atoms with Gasteiger partial charge in [0, 0.05) is 0 Å². The third-order valence-electron chi connectivity index (χ3n) is 3.74. The van der Waals surface area contributed by atoms with Crippen molar-refractivity contribution in [2.45, 2.75) is 25.8 Å². The Bertz CT molecular complexity index is 622. The van der Waals surface area contributed by atoms with Crippen LogP contribution in [0, 0.1) is 18.6 Å². The van der Waals surface area contributed by atoms with Crippen LogP contribution in [0.25, 0.3) is 0 Å². The molecule has 0 amide bonds. The van der Waals surface area contributed by atoms with Crippen molar-refractivity contribution in [2.75, 3.05) is 5.32 Å². The number of benzene rings is 2. The Morgan fingerprint density at radius 3 is 2.74 bits per heavy atom. The molecule has 2 aromatic rings. The normalized spacial score (nSPS) is 17.3. The zero-order chi connectivity index (χ0) is 13.4. The first kappa shape index (κ1) is 12.2. The molecule has 0 saturated carbocycles. The van der Waals surface area contributed by atoms with E-state index in [1.807, 2.05) is 18.2 Å². The van der Waals surface area contributed by atoms with Gasteiger partial charge in [0.05, 0.1) is 6.04 Å². The Morgan fingerprint density at radius 2 is 1.89 bits per heavy atom. The maximum Gasteiger partial charge on any atom is 0.152 e. The summed E-state index contributed by atoms with van der Waals surface area (Å²) in [6.07, 6.45) is 1.81. The molecule has 0 bridgehead atoms. The summed E-state index contributed by atoms with van der Waals surface area (Å²) in [6, 6.07) is 10.8. The number of rotatable bonds is 2. The van der Waals surface area contributed by atoms with Gasteiger partial charge < -0.3 is 5.32 Å². The molecule has 0 spiro atoms. The lowest BCUT2D eigenvalue weighted by atomic mass is 10.1. The lowest BCUT2D eigenvalue weighted by Crippen LogP contribution is -2.10. The van der Waals surface area contributed by atoms with Gasteiger partial charge in [0.15, 0.2) is 5.82 Å². The minimum atomic E-state index is -0.535. The standard InChI is InChI=1S/C16H15F2N/c1-10-6-8-13(17)16(15(10)18)19-14-9-7-11-4-2-3-5-12(11)14/h2-6,8,14,19H,7,9H2,1H3. The highest BCUT2D eigenvalue weighted by molar-refractivity contribution is 5.52. The zero-order valence-electron chi connectivity index (χ0n) is 10.7. The topological polar surface area (TPSA) is 12.0 Å². The van der Waals surface area contributed by atoms with Gasteiger partial charge in [-0.1, -0.05) is 30.3 Å². The average Bonchev–Trinajstić information content (AvgIpc) is 2.83. The molecular weight excluding hydrogens is 244 g/mol. The molecule has 1 aliphatic rings. The van der Waals surface area contributed by atoms with E-state index in [4.69, 9.17) is 0 Å². The summed E-state index contributed by atoms with van der Waals surface area (Å²) >= 11 is 0. The summed E-state index contributed by atoms with van der Waals surface area (Å²) in [5.74, 6) is -1.03. The summed E-state index contributed by atoms with van der Waals surface area (Å²) in [6.45, 7) is 1.64. The molecule has 1 N–H and O–H groups in total. The quantitative estimate of drug-likeness (QED) is 0.844. The van der Waals surface area contributed by atoms with Crippen LogP contribution in [0.1, 0.15) is 29.2 Å². The van der Waals surface area contributed by atoms with E-state index in [9.17, 15) is 8.78 Å². The molecule has 1 atom stereocenters. The van der Waals surface area contributed by atoms with Crippen molar-refractivity contribution >= 4 is 5.69 Å². The molecule has 3 rings (SSSR count). The molecule has 1 aliphatic carbocycles. The van der Waals surface area contributed by atoms with Gasteiger partial charge in [-0.05, 0) is 42.5 Å². The number of halogens is 2. The lowest BCUT2D eigenvalue weighted by Gasteiger charge is -2.17. The lowest BCUT2D eigenvalue weighted by molar-refractivity contribution is 0.576. The smallest absolute Gasteiger partial charge is 0.152 e. The Morgan fingerprint density at radius 1 is 1.11 bits per heavy atom. The number of hydrogen-bond donors (Lipinski definition) is 1. The number of hydrogen-bond acceptors (Lipinski definition) is 1. The number of nitrogens with one attached hydrogen (secondary N) is 1. The summed E-state index contributed by atoms with van der Waals surface area (Å²) < 4.78 is 27.7. The fourth-order valence-electron chi connectivity index (χ4n) is 2.67. The Kier molecular flexibility index (Phi) is 2.97. The molecule has 0 saturated heterocycles. The third-order valence-corrected chi connectivity index (χ3v) is 3.74. The first-order valence-corrected chi connectivity index (χ1v) is 6.46. The molecule has 0 aromatic heterocycles. The molecule has 0 fully saturated rings. The first-order chi connectivity index (χ1) is 9.16. The first-order valence-electron chi connectivity index (χ1n) is 6.46. The minimum Gasteiger partial charge on any atom is -0.373 e. The van der Waals surface area contributed by atoms with Gasteiger partial charge >= 0.3 is 0 Å². The summed E-state index contributed by atoms with van der Waals surface area (Å²) in [7, 11) is 0. The summed E-state index contributed by atoms with van der Waals surface area (Å²) in [5.41, 5.74) is 2.84. The molecule has 0 aliphatic heterocycles.